The molecule has 1 saturated heterocycles. The molecule has 0 aliphatic carbocycles. The van der Waals surface area contributed by atoms with Crippen LogP contribution < -0.4 is 10.1 Å². The van der Waals surface area contributed by atoms with Gasteiger partial charge in [0.25, 0.3) is 0 Å². The molecule has 2 aromatic rings. The van der Waals surface area contributed by atoms with Crippen LogP contribution in [-0.4, -0.2) is 19.7 Å². The molecule has 3 rings (SSSR count). The predicted octanol–water partition coefficient (Wildman–Crippen LogP) is 5.20. The molecule has 0 radical (unpaired) electrons. The zero-order chi connectivity index (χ0) is 15.2. The molecule has 1 aliphatic rings. The van der Waals surface area contributed by atoms with Crippen molar-refractivity contribution >= 4 is 24.0 Å². The molecule has 1 fully saturated rings. The first-order chi connectivity index (χ1) is 10.8. The SMILES string of the molecule is Cl.Clc1ccc(OCCC2CCCNC2)c(-c2ccccc2)c1. The molecule has 4 heteroatoms. The van der Waals surface area contributed by atoms with Gasteiger partial charge in [-0.15, -0.1) is 12.4 Å². The average molecular weight is 352 g/mol. The highest BCUT2D eigenvalue weighted by Crippen LogP contribution is 2.32. The summed E-state index contributed by atoms with van der Waals surface area (Å²) < 4.78 is 6.06. The molecule has 2 aromatic carbocycles. The molecule has 1 heterocycles. The maximum atomic E-state index is 6.16. The number of hydrogen-bond acceptors (Lipinski definition) is 2. The van der Waals surface area contributed by atoms with Crippen LogP contribution in [0.5, 0.6) is 5.75 Å². The molecular weight excluding hydrogens is 329 g/mol. The zero-order valence-electron chi connectivity index (χ0n) is 13.1. The standard InChI is InChI=1S/C19H22ClNO.ClH/c20-17-8-9-19(18(13-17)16-6-2-1-3-7-16)22-12-10-15-5-4-11-21-14-15;/h1-3,6-9,13,15,21H,4-5,10-12,14H2;1H. The van der Waals surface area contributed by atoms with Crippen molar-refractivity contribution < 1.29 is 4.74 Å². The van der Waals surface area contributed by atoms with E-state index in [-0.39, 0.29) is 12.4 Å². The van der Waals surface area contributed by atoms with E-state index in [4.69, 9.17) is 16.3 Å². The second-order valence-corrected chi connectivity index (χ2v) is 6.29. The number of rotatable bonds is 5. The van der Waals surface area contributed by atoms with Crippen molar-refractivity contribution in [3.63, 3.8) is 0 Å². The highest BCUT2D eigenvalue weighted by Gasteiger charge is 2.13. The molecule has 23 heavy (non-hydrogen) atoms. The van der Waals surface area contributed by atoms with Gasteiger partial charge in [-0.2, -0.15) is 0 Å². The topological polar surface area (TPSA) is 21.3 Å². The minimum absolute atomic E-state index is 0. The Balaban J connectivity index is 0.00000192. The number of piperidine rings is 1. The molecule has 1 N–H and O–H groups in total. The van der Waals surface area contributed by atoms with Gasteiger partial charge in [0.1, 0.15) is 5.75 Å². The monoisotopic (exact) mass is 351 g/mol. The fourth-order valence-corrected chi connectivity index (χ4v) is 3.15. The van der Waals surface area contributed by atoms with Gasteiger partial charge < -0.3 is 10.1 Å². The summed E-state index contributed by atoms with van der Waals surface area (Å²) in [5.74, 6) is 1.65. The van der Waals surface area contributed by atoms with Crippen molar-refractivity contribution in [3.8, 4) is 16.9 Å². The molecule has 124 valence electrons. The van der Waals surface area contributed by atoms with Gasteiger partial charge >= 0.3 is 0 Å². The second kappa shape index (κ2) is 9.17. The van der Waals surface area contributed by atoms with E-state index in [0.29, 0.717) is 0 Å². The fourth-order valence-electron chi connectivity index (χ4n) is 2.98. The van der Waals surface area contributed by atoms with E-state index in [0.717, 1.165) is 53.9 Å². The van der Waals surface area contributed by atoms with Crippen molar-refractivity contribution in [2.24, 2.45) is 5.92 Å². The Morgan fingerprint density at radius 1 is 1.13 bits per heavy atom. The van der Waals surface area contributed by atoms with E-state index in [2.05, 4.69) is 17.4 Å². The summed E-state index contributed by atoms with van der Waals surface area (Å²) in [4.78, 5) is 0. The van der Waals surface area contributed by atoms with Gasteiger partial charge in [0, 0.05) is 10.6 Å². The van der Waals surface area contributed by atoms with Crippen LogP contribution in [0.2, 0.25) is 5.02 Å². The maximum Gasteiger partial charge on any atom is 0.127 e. The summed E-state index contributed by atoms with van der Waals surface area (Å²) >= 11 is 6.16. The lowest BCUT2D eigenvalue weighted by molar-refractivity contribution is 0.255. The molecule has 2 nitrogen and oxygen atoms in total. The third-order valence-electron chi connectivity index (χ3n) is 4.21. The first-order valence-corrected chi connectivity index (χ1v) is 8.39. The molecule has 0 aromatic heterocycles. The van der Waals surface area contributed by atoms with Gasteiger partial charge in [0.05, 0.1) is 6.61 Å². The summed E-state index contributed by atoms with van der Waals surface area (Å²) in [5, 5.41) is 4.19. The normalized spacial score (nSPS) is 17.3. The Kier molecular flexibility index (Phi) is 7.22. The molecule has 1 atom stereocenters. The Hall–Kier alpha value is -1.22. The van der Waals surface area contributed by atoms with Crippen molar-refractivity contribution in [3.05, 3.63) is 53.6 Å². The summed E-state index contributed by atoms with van der Waals surface area (Å²) in [6.45, 7) is 3.04. The third-order valence-corrected chi connectivity index (χ3v) is 4.44. The average Bonchev–Trinajstić information content (AvgIpc) is 2.58. The van der Waals surface area contributed by atoms with E-state index in [9.17, 15) is 0 Å². The van der Waals surface area contributed by atoms with Gasteiger partial charge in [-0.3, -0.25) is 0 Å². The first kappa shape index (κ1) is 18.1. The van der Waals surface area contributed by atoms with Gasteiger partial charge in [-0.1, -0.05) is 41.9 Å². The quantitative estimate of drug-likeness (QED) is 0.799. The number of ether oxygens (including phenoxy) is 1. The molecule has 1 aliphatic heterocycles. The molecule has 0 saturated carbocycles. The number of benzene rings is 2. The smallest absolute Gasteiger partial charge is 0.127 e. The maximum absolute atomic E-state index is 6.16. The van der Waals surface area contributed by atoms with E-state index < -0.39 is 0 Å². The fraction of sp³-hybridized carbons (Fsp3) is 0.368. The first-order valence-electron chi connectivity index (χ1n) is 8.01. The van der Waals surface area contributed by atoms with Gasteiger partial charge in [-0.05, 0) is 62.0 Å². The lowest BCUT2D eigenvalue weighted by Crippen LogP contribution is -2.30. The van der Waals surface area contributed by atoms with Crippen molar-refractivity contribution in [1.29, 1.82) is 0 Å². The van der Waals surface area contributed by atoms with Crippen LogP contribution in [0.15, 0.2) is 48.5 Å². The molecule has 1 unspecified atom stereocenters. The van der Waals surface area contributed by atoms with Crippen LogP contribution in [0, 0.1) is 5.92 Å². The Bertz CT molecular complexity index is 598. The van der Waals surface area contributed by atoms with Gasteiger partial charge in [0.2, 0.25) is 0 Å². The molecule has 0 spiro atoms. The van der Waals surface area contributed by atoms with Crippen molar-refractivity contribution in [2.75, 3.05) is 19.7 Å². The predicted molar refractivity (Wildman–Crippen MR) is 99.8 cm³/mol. The van der Waals surface area contributed by atoms with Crippen LogP contribution in [0.4, 0.5) is 0 Å². The summed E-state index contributed by atoms with van der Waals surface area (Å²) in [6, 6.07) is 16.1. The summed E-state index contributed by atoms with van der Waals surface area (Å²) in [7, 11) is 0. The molecular formula is C19H23Cl2NO. The highest BCUT2D eigenvalue weighted by molar-refractivity contribution is 6.31. The van der Waals surface area contributed by atoms with E-state index >= 15 is 0 Å². The summed E-state index contributed by atoms with van der Waals surface area (Å²) in [6.07, 6.45) is 3.69. The minimum atomic E-state index is 0. The van der Waals surface area contributed by atoms with Crippen LogP contribution in [0.25, 0.3) is 11.1 Å². The lowest BCUT2D eigenvalue weighted by atomic mass is 9.97. The zero-order valence-corrected chi connectivity index (χ0v) is 14.7. The van der Waals surface area contributed by atoms with Crippen molar-refractivity contribution in [2.45, 2.75) is 19.3 Å². The number of halogens is 2. The van der Waals surface area contributed by atoms with Crippen LogP contribution in [0.3, 0.4) is 0 Å². The van der Waals surface area contributed by atoms with Crippen molar-refractivity contribution in [1.82, 2.24) is 5.32 Å². The van der Waals surface area contributed by atoms with E-state index in [1.807, 2.05) is 36.4 Å². The van der Waals surface area contributed by atoms with E-state index in [1.165, 1.54) is 12.8 Å². The number of nitrogens with one attached hydrogen (secondary N) is 1. The van der Waals surface area contributed by atoms with Crippen LogP contribution in [-0.2, 0) is 0 Å². The summed E-state index contributed by atoms with van der Waals surface area (Å²) in [5.41, 5.74) is 2.20. The van der Waals surface area contributed by atoms with Crippen LogP contribution in [0.1, 0.15) is 19.3 Å². The minimum Gasteiger partial charge on any atom is -0.493 e. The highest BCUT2D eigenvalue weighted by atomic mass is 35.5. The largest absolute Gasteiger partial charge is 0.493 e. The van der Waals surface area contributed by atoms with Crippen LogP contribution >= 0.6 is 24.0 Å². The van der Waals surface area contributed by atoms with Gasteiger partial charge in [-0.25, -0.2) is 0 Å². The molecule has 0 bridgehead atoms. The van der Waals surface area contributed by atoms with E-state index in [1.54, 1.807) is 0 Å². The Labute approximate surface area is 149 Å². The third kappa shape index (κ3) is 5.13. The Morgan fingerprint density at radius 3 is 2.70 bits per heavy atom. The molecule has 0 amide bonds. The lowest BCUT2D eigenvalue weighted by Gasteiger charge is -2.23. The number of hydrogen-bond donors (Lipinski definition) is 1. The second-order valence-electron chi connectivity index (χ2n) is 5.86. The van der Waals surface area contributed by atoms with Gasteiger partial charge in [0.15, 0.2) is 0 Å². The Morgan fingerprint density at radius 2 is 1.96 bits per heavy atom.